The fraction of sp³-hybridized carbons (Fsp3) is 0.625. The molecule has 0 aromatic carbocycles. The molecule has 1 aliphatic rings. The fourth-order valence-corrected chi connectivity index (χ4v) is 9.93. The number of aliphatic imine (C=N–C) groups is 6. The van der Waals surface area contributed by atoms with E-state index in [9.17, 15) is 58.2 Å². The van der Waals surface area contributed by atoms with Crippen molar-refractivity contribution < 1.29 is 67.6 Å². The highest BCUT2D eigenvalue weighted by Gasteiger charge is 2.45. The Morgan fingerprint density at radius 1 is 0.476 bits per heavy atom. The van der Waals surface area contributed by atoms with Gasteiger partial charge in [0.2, 0.25) is 47.3 Å². The van der Waals surface area contributed by atoms with Gasteiger partial charge in [-0.2, -0.15) is 0 Å². The Labute approximate surface area is 590 Å². The van der Waals surface area contributed by atoms with Gasteiger partial charge in [0.15, 0.2) is 53.5 Å². The third-order valence-corrected chi connectivity index (χ3v) is 15.0. The monoisotopic (exact) mass is 1460 g/mol. The van der Waals surface area contributed by atoms with E-state index in [1.807, 2.05) is 0 Å². The van der Waals surface area contributed by atoms with Gasteiger partial charge in [-0.05, 0) is 96.3 Å². The number of fused-ring (bicyclic) bond motifs is 1. The van der Waals surface area contributed by atoms with Crippen molar-refractivity contribution in [3.8, 4) is 0 Å². The molecule has 0 saturated carbocycles. The number of unbranched alkanes of at least 4 members (excludes halogenated alkanes) is 1. The number of primary amides is 1. The van der Waals surface area contributed by atoms with Crippen molar-refractivity contribution in [1.29, 1.82) is 0 Å². The van der Waals surface area contributed by atoms with Crippen molar-refractivity contribution in [2.75, 3.05) is 58.2 Å². The molecule has 2 aromatic heterocycles. The number of aliphatic hydroxyl groups excluding tert-OH is 2. The lowest BCUT2D eigenvalue weighted by Gasteiger charge is -2.28. The van der Waals surface area contributed by atoms with Crippen LogP contribution in [0.4, 0.5) is 15.4 Å². The summed E-state index contributed by atoms with van der Waals surface area (Å²) in [6, 6.07) is -11.3. The normalized spacial score (nSPS) is 16.5. The van der Waals surface area contributed by atoms with E-state index in [4.69, 9.17) is 89.7 Å². The number of amides is 11. The summed E-state index contributed by atoms with van der Waals surface area (Å²) in [7, 11) is 0. The summed E-state index contributed by atoms with van der Waals surface area (Å²) in [6.07, 6.45) is -4.07. The number of nitrogens with two attached hydrogens (primary N) is 14. The van der Waals surface area contributed by atoms with Crippen molar-refractivity contribution >= 4 is 112 Å². The second kappa shape index (κ2) is 45.2. The zero-order chi connectivity index (χ0) is 76.7. The number of nitrogen functional groups attached to an aromatic ring is 1. The maximum Gasteiger partial charge on any atom is 0.407 e. The van der Waals surface area contributed by atoms with Gasteiger partial charge >= 0.3 is 12.1 Å². The lowest BCUT2D eigenvalue weighted by molar-refractivity contribution is -0.136. The maximum atomic E-state index is 14.7. The van der Waals surface area contributed by atoms with E-state index in [1.165, 1.54) is 17.2 Å². The standard InChI is InChI=1S/C56H101N33O14/c1-27(90)81-42(94)29(11-4-18-71-49(59)60)82-43(95)30(12-5-19-72-50(61)62)83-44(96)31(13-6-20-73-51(63)64)84-45(97)32(14-7-21-74-52(65)66)85-46(98)33(15-8-22-75-53(67)68)86-47(99)34(16-9-23-76-54(69)70)88-55(100)87-28(40(58)93)10-2-3-17-77-56(101)102-24-35-37(91)38(92)48(103-35)89-26-80-36-39(57)78-25-79-41(36)89/h25-26,28-35,37-38,48,91-92H,2-24H2,1H3,(H2,58,93)(H,77,101)(H,82,95)(H,83,96)(H,84,97)(H,85,98)(H,86,99)(H2,57,78,79)(H4,59,60,71)(H4,61,62,72)(H4,63,64,73)(H4,65,66,74)(H4,67,68,75)(H4,69,70,76)(H,81,90,94)(H2,87,88,100)/t28-,29-,30-,31-,32-,33-,34-,35-,37-,38-,48-/m1/s1. The molecule has 11 atom stereocenters. The lowest BCUT2D eigenvalue weighted by atomic mass is 10.0. The van der Waals surface area contributed by atoms with Gasteiger partial charge < -0.3 is 142 Å². The van der Waals surface area contributed by atoms with Crippen LogP contribution in [0.25, 0.3) is 11.2 Å². The number of rotatable bonds is 46. The number of aliphatic hydroxyl groups is 2. The number of imide groups is 1. The highest BCUT2D eigenvalue weighted by atomic mass is 16.6. The molecule has 0 aliphatic carbocycles. The molecule has 103 heavy (non-hydrogen) atoms. The summed E-state index contributed by atoms with van der Waals surface area (Å²) in [6.45, 7) is 0.383. The van der Waals surface area contributed by atoms with Crippen LogP contribution in [0.1, 0.15) is 109 Å². The molecule has 47 nitrogen and oxygen atoms in total. The first-order valence-electron chi connectivity index (χ1n) is 32.6. The SMILES string of the molecule is CC(=O)NC(=O)[C@@H](CCCN=C(N)N)NC(=O)[C@@H](CCCN=C(N)N)NC(=O)[C@@H](CCCN=C(N)N)NC(=O)[C@@H](CCCN=C(N)N)NC(=O)[C@@H](CCCN=C(N)N)NC(=O)[C@@H](CCCN=C(N)N)NC(=O)N[C@H](CCCCNC(=O)OC[C@H]1O[C@@H](n2cnc3c(N)ncnc32)[C@H](O)[C@@H]1O)C(N)=O. The third-order valence-electron chi connectivity index (χ3n) is 15.0. The number of aromatic nitrogens is 4. The molecular weight excluding hydrogens is 1360 g/mol. The summed E-state index contributed by atoms with van der Waals surface area (Å²) in [5.41, 5.74) is 78.5. The summed E-state index contributed by atoms with van der Waals surface area (Å²) < 4.78 is 12.4. The van der Waals surface area contributed by atoms with E-state index in [-0.39, 0.29) is 195 Å². The number of anilines is 1. The van der Waals surface area contributed by atoms with Crippen molar-refractivity contribution in [2.24, 2.45) is 104 Å². The molecule has 0 bridgehead atoms. The molecule has 0 unspecified atom stereocenters. The summed E-state index contributed by atoms with van der Waals surface area (Å²) in [5, 5.41) is 44.0. The molecule has 1 aliphatic heterocycles. The molecule has 1 saturated heterocycles. The molecule has 3 heterocycles. The predicted molar refractivity (Wildman–Crippen MR) is 375 cm³/mol. The van der Waals surface area contributed by atoms with Crippen LogP contribution >= 0.6 is 0 Å². The van der Waals surface area contributed by atoms with Crippen molar-refractivity contribution in [2.45, 2.75) is 170 Å². The van der Waals surface area contributed by atoms with E-state index < -0.39 is 133 Å². The molecule has 574 valence electrons. The summed E-state index contributed by atoms with van der Waals surface area (Å²) in [4.78, 5) is 172. The molecule has 47 heteroatoms. The van der Waals surface area contributed by atoms with Crippen LogP contribution in [0.3, 0.4) is 0 Å². The topological polar surface area (TPSA) is 820 Å². The van der Waals surface area contributed by atoms with Gasteiger partial charge in [-0.15, -0.1) is 0 Å². The molecule has 3 rings (SSSR count). The summed E-state index contributed by atoms with van der Waals surface area (Å²) >= 11 is 0. The van der Waals surface area contributed by atoms with Crippen LogP contribution in [0.5, 0.6) is 0 Å². The van der Waals surface area contributed by atoms with Crippen LogP contribution < -0.4 is 128 Å². The van der Waals surface area contributed by atoms with Gasteiger partial charge in [0.05, 0.1) is 6.33 Å². The highest BCUT2D eigenvalue weighted by Crippen LogP contribution is 2.32. The van der Waals surface area contributed by atoms with E-state index in [0.717, 1.165) is 6.92 Å². The number of carbonyl (C=O) groups is 10. The number of hydrogen-bond donors (Lipinski definition) is 25. The Hall–Kier alpha value is -11.6. The number of nitrogens with zero attached hydrogens (tertiary/aromatic N) is 10. The number of hydrogen-bond acceptors (Lipinski definition) is 24. The first-order valence-corrected chi connectivity index (χ1v) is 32.6. The number of carbonyl (C=O) groups excluding carboxylic acids is 10. The molecular formula is C56H101N33O14. The van der Waals surface area contributed by atoms with E-state index in [2.05, 4.69) is 92.8 Å². The minimum Gasteiger partial charge on any atom is -0.447 e. The molecule has 2 aromatic rings. The lowest BCUT2D eigenvalue weighted by Crippen LogP contribution is -2.60. The van der Waals surface area contributed by atoms with Crippen LogP contribution in [0.15, 0.2) is 42.6 Å². The molecule has 1 fully saturated rings. The van der Waals surface area contributed by atoms with Gasteiger partial charge in [0.25, 0.3) is 0 Å². The Morgan fingerprint density at radius 2 is 0.825 bits per heavy atom. The number of urea groups is 1. The summed E-state index contributed by atoms with van der Waals surface area (Å²) in [5.74, 6) is -8.99. The number of ether oxygens (including phenoxy) is 2. The van der Waals surface area contributed by atoms with Crippen LogP contribution in [-0.2, 0) is 47.8 Å². The Morgan fingerprint density at radius 3 is 1.18 bits per heavy atom. The van der Waals surface area contributed by atoms with Gasteiger partial charge in [-0.1, -0.05) is 0 Å². The van der Waals surface area contributed by atoms with Gasteiger partial charge in [-0.25, -0.2) is 24.5 Å². The Kier molecular flexibility index (Phi) is 37.5. The molecule has 0 spiro atoms. The average Bonchev–Trinajstić information content (AvgIpc) is 1.63. The van der Waals surface area contributed by atoms with Crippen LogP contribution in [0.2, 0.25) is 0 Å². The molecule has 39 N–H and O–H groups in total. The van der Waals surface area contributed by atoms with E-state index in [1.54, 1.807) is 0 Å². The van der Waals surface area contributed by atoms with Gasteiger partial charge in [-0.3, -0.25) is 78.2 Å². The zero-order valence-electron chi connectivity index (χ0n) is 57.1. The third kappa shape index (κ3) is 32.9. The van der Waals surface area contributed by atoms with Crippen molar-refractivity contribution in [1.82, 2.24) is 67.4 Å². The van der Waals surface area contributed by atoms with Crippen molar-refractivity contribution in [3.63, 3.8) is 0 Å². The fourth-order valence-electron chi connectivity index (χ4n) is 9.93. The number of nitrogens with one attached hydrogen (secondary N) is 9. The number of imidazole rings is 1. The smallest absolute Gasteiger partial charge is 0.407 e. The molecule has 0 radical (unpaired) electrons. The minimum absolute atomic E-state index is 0.00563. The maximum absolute atomic E-state index is 14.7. The zero-order valence-corrected chi connectivity index (χ0v) is 57.1. The molecule has 11 amide bonds. The van der Waals surface area contributed by atoms with E-state index in [0.29, 0.717) is 0 Å². The Bertz CT molecular complexity index is 3320. The largest absolute Gasteiger partial charge is 0.447 e. The van der Waals surface area contributed by atoms with Gasteiger partial charge in [0, 0.05) is 52.7 Å². The predicted octanol–water partition coefficient (Wildman–Crippen LogP) is -11.1. The minimum atomic E-state index is -1.55. The average molecular weight is 1460 g/mol. The van der Waals surface area contributed by atoms with Crippen LogP contribution in [0, 0.1) is 0 Å². The second-order valence-corrected chi connectivity index (χ2v) is 23.3. The highest BCUT2D eigenvalue weighted by molar-refractivity contribution is 6.00. The number of guanidine groups is 6. The second-order valence-electron chi connectivity index (χ2n) is 23.3. The van der Waals surface area contributed by atoms with Gasteiger partial charge in [0.1, 0.15) is 79.1 Å². The Balaban J connectivity index is 1.86. The first-order chi connectivity index (χ1) is 48.8. The number of alkyl carbamates (subject to hydrolysis) is 1. The van der Waals surface area contributed by atoms with E-state index >= 15 is 0 Å². The van der Waals surface area contributed by atoms with Crippen LogP contribution in [-0.4, -0.2) is 238 Å². The van der Waals surface area contributed by atoms with Crippen molar-refractivity contribution in [3.05, 3.63) is 12.7 Å². The quantitative estimate of drug-likeness (QED) is 0.0166. The first kappa shape index (κ1) is 85.6.